The number of nitrogens with one attached hydrogen (secondary N) is 2. The van der Waals surface area contributed by atoms with E-state index in [1.807, 2.05) is 6.07 Å². The Morgan fingerprint density at radius 2 is 1.45 bits per heavy atom. The van der Waals surface area contributed by atoms with Gasteiger partial charge in [-0.1, -0.05) is 39.8 Å². The lowest BCUT2D eigenvalue weighted by molar-refractivity contribution is -0.123. The number of nitriles is 1. The van der Waals surface area contributed by atoms with Crippen LogP contribution in [-0.4, -0.2) is 31.0 Å². The van der Waals surface area contributed by atoms with E-state index >= 15 is 0 Å². The molecular weight excluding hydrogens is 366 g/mol. The van der Waals surface area contributed by atoms with Gasteiger partial charge in [0.15, 0.2) is 6.10 Å². The first-order chi connectivity index (χ1) is 13.7. The molecule has 0 heterocycles. The molecule has 0 radical (unpaired) electrons. The standard InChI is InChI=1S/C23H33N3O3/c1-16(2)10-12-25-22(27)21(23(28)26-13-11-17(3)4)14-19-6-8-20(9-7-19)29-18(5)15-24/h6-9,14,16-18H,10-13H2,1-5H3,(H,25,27)(H,26,28). The Bertz CT molecular complexity index is 703. The van der Waals surface area contributed by atoms with E-state index < -0.39 is 6.10 Å². The average molecular weight is 400 g/mol. The van der Waals surface area contributed by atoms with Gasteiger partial charge in [0.05, 0.1) is 0 Å². The number of carbonyl (C=O) groups excluding carboxylic acids is 2. The van der Waals surface area contributed by atoms with Crippen molar-refractivity contribution in [2.45, 2.75) is 53.6 Å². The molecule has 1 atom stereocenters. The second-order valence-corrected chi connectivity index (χ2v) is 7.89. The van der Waals surface area contributed by atoms with Crippen LogP contribution in [0.1, 0.15) is 53.0 Å². The van der Waals surface area contributed by atoms with Crippen LogP contribution in [0.4, 0.5) is 0 Å². The Morgan fingerprint density at radius 1 is 0.966 bits per heavy atom. The lowest BCUT2D eigenvalue weighted by Crippen LogP contribution is -2.36. The minimum absolute atomic E-state index is 0.0802. The van der Waals surface area contributed by atoms with Crippen molar-refractivity contribution in [2.24, 2.45) is 11.8 Å². The number of nitrogens with zero attached hydrogens (tertiary/aromatic N) is 1. The second-order valence-electron chi connectivity index (χ2n) is 7.89. The van der Waals surface area contributed by atoms with E-state index in [1.54, 1.807) is 37.3 Å². The second kappa shape index (κ2) is 12.6. The van der Waals surface area contributed by atoms with E-state index in [0.717, 1.165) is 12.8 Å². The van der Waals surface area contributed by atoms with Crippen LogP contribution in [-0.2, 0) is 9.59 Å². The van der Waals surface area contributed by atoms with Gasteiger partial charge in [0.2, 0.25) is 0 Å². The van der Waals surface area contributed by atoms with Crippen LogP contribution in [0.5, 0.6) is 5.75 Å². The molecule has 0 aliphatic heterocycles. The van der Waals surface area contributed by atoms with Gasteiger partial charge in [0.25, 0.3) is 11.8 Å². The maximum absolute atomic E-state index is 12.6. The molecule has 2 amide bonds. The molecule has 6 nitrogen and oxygen atoms in total. The zero-order valence-corrected chi connectivity index (χ0v) is 18.1. The maximum atomic E-state index is 12.6. The Morgan fingerprint density at radius 3 is 1.86 bits per heavy atom. The Kier molecular flexibility index (Phi) is 10.5. The van der Waals surface area contributed by atoms with Crippen LogP contribution < -0.4 is 15.4 Å². The van der Waals surface area contributed by atoms with Crippen molar-refractivity contribution in [3.8, 4) is 11.8 Å². The van der Waals surface area contributed by atoms with Crippen molar-refractivity contribution < 1.29 is 14.3 Å². The van der Waals surface area contributed by atoms with E-state index in [1.165, 1.54) is 0 Å². The third-order valence-electron chi connectivity index (χ3n) is 4.19. The SMILES string of the molecule is CC(C)CCNC(=O)C(=Cc1ccc(OC(C)C#N)cc1)C(=O)NCCC(C)C. The highest BCUT2D eigenvalue weighted by atomic mass is 16.5. The summed E-state index contributed by atoms with van der Waals surface area (Å²) in [6, 6.07) is 8.94. The van der Waals surface area contributed by atoms with Crippen molar-refractivity contribution in [1.82, 2.24) is 10.6 Å². The van der Waals surface area contributed by atoms with E-state index in [9.17, 15) is 9.59 Å². The minimum Gasteiger partial charge on any atom is -0.476 e. The van der Waals surface area contributed by atoms with Crippen LogP contribution in [0.25, 0.3) is 6.08 Å². The van der Waals surface area contributed by atoms with Gasteiger partial charge in [0.1, 0.15) is 17.4 Å². The number of ether oxygens (including phenoxy) is 1. The largest absolute Gasteiger partial charge is 0.476 e. The first-order valence-electron chi connectivity index (χ1n) is 10.2. The number of hydrogen-bond donors (Lipinski definition) is 2. The Balaban J connectivity index is 2.94. The monoisotopic (exact) mass is 399 g/mol. The normalized spacial score (nSPS) is 11.5. The molecule has 29 heavy (non-hydrogen) atoms. The number of carbonyl (C=O) groups is 2. The summed E-state index contributed by atoms with van der Waals surface area (Å²) in [7, 11) is 0. The molecule has 0 aliphatic rings. The van der Waals surface area contributed by atoms with Gasteiger partial charge in [-0.3, -0.25) is 9.59 Å². The lowest BCUT2D eigenvalue weighted by Gasteiger charge is -2.12. The molecule has 158 valence electrons. The topological polar surface area (TPSA) is 91.2 Å². The van der Waals surface area contributed by atoms with Crippen molar-refractivity contribution in [2.75, 3.05) is 13.1 Å². The van der Waals surface area contributed by atoms with Crippen molar-refractivity contribution in [3.63, 3.8) is 0 Å². The van der Waals surface area contributed by atoms with Crippen LogP contribution >= 0.6 is 0 Å². The molecule has 1 rings (SSSR count). The molecule has 0 saturated heterocycles. The number of benzene rings is 1. The van der Waals surface area contributed by atoms with Gasteiger partial charge >= 0.3 is 0 Å². The van der Waals surface area contributed by atoms with Gasteiger partial charge < -0.3 is 15.4 Å². The molecule has 1 aromatic carbocycles. The fraction of sp³-hybridized carbons (Fsp3) is 0.522. The summed E-state index contributed by atoms with van der Waals surface area (Å²) in [5.41, 5.74) is 0.784. The molecule has 0 bridgehead atoms. The third-order valence-corrected chi connectivity index (χ3v) is 4.19. The predicted octanol–water partition coefficient (Wildman–Crippen LogP) is 3.69. The molecule has 6 heteroatoms. The van der Waals surface area contributed by atoms with Crippen molar-refractivity contribution in [3.05, 3.63) is 35.4 Å². The molecule has 0 aromatic heterocycles. The maximum Gasteiger partial charge on any atom is 0.256 e. The summed E-state index contributed by atoms with van der Waals surface area (Å²) in [5.74, 6) is 0.717. The highest BCUT2D eigenvalue weighted by Crippen LogP contribution is 2.16. The van der Waals surface area contributed by atoms with Crippen LogP contribution in [0.3, 0.4) is 0 Å². The molecule has 0 fully saturated rings. The molecule has 1 unspecified atom stereocenters. The van der Waals surface area contributed by atoms with Crippen molar-refractivity contribution in [1.29, 1.82) is 5.26 Å². The van der Waals surface area contributed by atoms with Crippen LogP contribution in [0.15, 0.2) is 29.8 Å². The van der Waals surface area contributed by atoms with Gasteiger partial charge in [0, 0.05) is 13.1 Å². The quantitative estimate of drug-likeness (QED) is 0.337. The molecule has 0 spiro atoms. The van der Waals surface area contributed by atoms with Gasteiger partial charge in [-0.05, 0) is 55.4 Å². The first kappa shape index (κ1) is 24.2. The average Bonchev–Trinajstić information content (AvgIpc) is 2.66. The summed E-state index contributed by atoms with van der Waals surface area (Å²) >= 11 is 0. The smallest absolute Gasteiger partial charge is 0.256 e. The first-order valence-corrected chi connectivity index (χ1v) is 10.2. The van der Waals surface area contributed by atoms with Crippen molar-refractivity contribution >= 4 is 17.9 Å². The fourth-order valence-electron chi connectivity index (χ4n) is 2.41. The van der Waals surface area contributed by atoms with E-state index in [0.29, 0.717) is 36.2 Å². The minimum atomic E-state index is -0.551. The summed E-state index contributed by atoms with van der Waals surface area (Å²) in [5, 5.41) is 14.5. The molecular formula is C23H33N3O3. The predicted molar refractivity (Wildman–Crippen MR) is 115 cm³/mol. The number of hydrogen-bond acceptors (Lipinski definition) is 4. The molecule has 1 aromatic rings. The molecule has 2 N–H and O–H groups in total. The van der Waals surface area contributed by atoms with E-state index in [2.05, 4.69) is 38.3 Å². The van der Waals surface area contributed by atoms with Gasteiger partial charge in [-0.25, -0.2) is 0 Å². The Hall–Kier alpha value is -2.81. The van der Waals surface area contributed by atoms with Gasteiger partial charge in [-0.2, -0.15) is 5.26 Å². The summed E-state index contributed by atoms with van der Waals surface area (Å²) in [6.45, 7) is 11.0. The number of amides is 2. The van der Waals surface area contributed by atoms with E-state index in [-0.39, 0.29) is 17.4 Å². The molecule has 0 saturated carbocycles. The van der Waals surface area contributed by atoms with E-state index in [4.69, 9.17) is 10.00 Å². The summed E-state index contributed by atoms with van der Waals surface area (Å²) in [4.78, 5) is 25.2. The molecule has 0 aliphatic carbocycles. The highest BCUT2D eigenvalue weighted by Gasteiger charge is 2.18. The van der Waals surface area contributed by atoms with Crippen LogP contribution in [0.2, 0.25) is 0 Å². The zero-order valence-electron chi connectivity index (χ0n) is 18.1. The third kappa shape index (κ3) is 9.79. The Labute approximate surface area is 174 Å². The van der Waals surface area contributed by atoms with Gasteiger partial charge in [-0.15, -0.1) is 0 Å². The lowest BCUT2D eigenvalue weighted by atomic mass is 10.1. The highest BCUT2D eigenvalue weighted by molar-refractivity contribution is 6.21. The summed E-state index contributed by atoms with van der Waals surface area (Å²) in [6.07, 6.45) is 2.71. The number of rotatable bonds is 11. The zero-order chi connectivity index (χ0) is 21.8. The van der Waals surface area contributed by atoms with Crippen LogP contribution in [0, 0.1) is 23.2 Å². The summed E-state index contributed by atoms with van der Waals surface area (Å²) < 4.78 is 5.43. The fourth-order valence-corrected chi connectivity index (χ4v) is 2.41.